The van der Waals surface area contributed by atoms with Gasteiger partial charge in [-0.25, -0.2) is 0 Å². The first kappa shape index (κ1) is 12.5. The summed E-state index contributed by atoms with van der Waals surface area (Å²) in [5, 5.41) is 0. The van der Waals surface area contributed by atoms with Crippen molar-refractivity contribution >= 4 is 10.1 Å². The number of rotatable bonds is 2. The van der Waals surface area contributed by atoms with Crippen molar-refractivity contribution in [2.75, 3.05) is 13.2 Å². The summed E-state index contributed by atoms with van der Waals surface area (Å²) in [6.07, 6.45) is 1.60. The Morgan fingerprint density at radius 2 is 1.94 bits per heavy atom. The van der Waals surface area contributed by atoms with E-state index in [2.05, 4.69) is 0 Å². The van der Waals surface area contributed by atoms with Crippen LogP contribution in [0.2, 0.25) is 0 Å². The lowest BCUT2D eigenvalue weighted by Crippen LogP contribution is -2.16. The number of ether oxygens (including phenoxy) is 1. The molecule has 1 aromatic carbocycles. The number of hydrogen-bond donors (Lipinski definition) is 1. The van der Waals surface area contributed by atoms with Crippen LogP contribution in [0.3, 0.4) is 0 Å². The van der Waals surface area contributed by atoms with Gasteiger partial charge in [-0.3, -0.25) is 4.55 Å². The van der Waals surface area contributed by atoms with Gasteiger partial charge in [-0.05, 0) is 37.3 Å². The first-order chi connectivity index (χ1) is 7.98. The average molecular weight is 256 g/mol. The second kappa shape index (κ2) is 4.76. The van der Waals surface area contributed by atoms with Crippen molar-refractivity contribution in [3.8, 4) is 0 Å². The Hall–Kier alpha value is -0.910. The van der Waals surface area contributed by atoms with Gasteiger partial charge in [0.1, 0.15) is 0 Å². The lowest BCUT2D eigenvalue weighted by Gasteiger charge is -2.24. The molecule has 0 amide bonds. The molecule has 5 heteroatoms. The summed E-state index contributed by atoms with van der Waals surface area (Å²) in [5.74, 6) is 0.153. The minimum atomic E-state index is -4.14. The molecule has 1 aliphatic rings. The SMILES string of the molecule is Cc1ccc(S(=O)(=O)O)c(C2CCOCC2)c1. The van der Waals surface area contributed by atoms with E-state index in [9.17, 15) is 13.0 Å². The smallest absolute Gasteiger partial charge is 0.294 e. The molecule has 0 spiro atoms. The Morgan fingerprint density at radius 3 is 2.53 bits per heavy atom. The summed E-state index contributed by atoms with van der Waals surface area (Å²) < 4.78 is 37.2. The standard InChI is InChI=1S/C12H16O4S/c1-9-2-3-12(17(13,14)15)11(8-9)10-4-6-16-7-5-10/h2-3,8,10H,4-7H2,1H3,(H,13,14,15). The highest BCUT2D eigenvalue weighted by molar-refractivity contribution is 7.85. The molecule has 0 unspecified atom stereocenters. The zero-order valence-electron chi connectivity index (χ0n) is 9.72. The van der Waals surface area contributed by atoms with E-state index < -0.39 is 10.1 Å². The minimum Gasteiger partial charge on any atom is -0.381 e. The zero-order valence-corrected chi connectivity index (χ0v) is 10.5. The molecule has 1 heterocycles. The van der Waals surface area contributed by atoms with Crippen molar-refractivity contribution in [2.45, 2.75) is 30.6 Å². The summed E-state index contributed by atoms with van der Waals surface area (Å²) >= 11 is 0. The molecule has 2 rings (SSSR count). The summed E-state index contributed by atoms with van der Waals surface area (Å²) in [6.45, 7) is 3.20. The normalized spacial score (nSPS) is 18.2. The fourth-order valence-corrected chi connectivity index (χ4v) is 2.99. The first-order valence-corrected chi connectivity index (χ1v) is 7.08. The predicted octanol–water partition coefficient (Wildman–Crippen LogP) is 2.14. The van der Waals surface area contributed by atoms with Gasteiger partial charge in [0.25, 0.3) is 10.1 Å². The molecule has 1 N–H and O–H groups in total. The zero-order chi connectivity index (χ0) is 12.5. The molecule has 0 atom stereocenters. The highest BCUT2D eigenvalue weighted by Crippen LogP contribution is 2.32. The Balaban J connectivity index is 2.46. The van der Waals surface area contributed by atoms with E-state index in [0.29, 0.717) is 13.2 Å². The lowest BCUT2D eigenvalue weighted by molar-refractivity contribution is 0.0847. The largest absolute Gasteiger partial charge is 0.381 e. The number of aryl methyl sites for hydroxylation is 1. The first-order valence-electron chi connectivity index (χ1n) is 5.64. The van der Waals surface area contributed by atoms with Crippen LogP contribution in [0.15, 0.2) is 23.1 Å². The molecule has 0 aromatic heterocycles. The summed E-state index contributed by atoms with van der Waals surface area (Å²) in [7, 11) is -4.14. The van der Waals surface area contributed by atoms with Gasteiger partial charge < -0.3 is 4.74 Å². The fourth-order valence-electron chi connectivity index (χ4n) is 2.23. The van der Waals surface area contributed by atoms with Crippen molar-refractivity contribution in [1.82, 2.24) is 0 Å². The van der Waals surface area contributed by atoms with Crippen LogP contribution in [0, 0.1) is 6.92 Å². The van der Waals surface area contributed by atoms with Crippen molar-refractivity contribution in [3.63, 3.8) is 0 Å². The second-order valence-corrected chi connectivity index (χ2v) is 5.79. The third-order valence-corrected chi connectivity index (χ3v) is 4.03. The van der Waals surface area contributed by atoms with E-state index in [-0.39, 0.29) is 10.8 Å². The van der Waals surface area contributed by atoms with Crippen LogP contribution in [-0.2, 0) is 14.9 Å². The number of benzene rings is 1. The third-order valence-electron chi connectivity index (χ3n) is 3.10. The van der Waals surface area contributed by atoms with Crippen LogP contribution in [0.4, 0.5) is 0 Å². The highest BCUT2D eigenvalue weighted by Gasteiger charge is 2.23. The maximum absolute atomic E-state index is 11.3. The minimum absolute atomic E-state index is 0.0370. The van der Waals surface area contributed by atoms with Crippen molar-refractivity contribution < 1.29 is 17.7 Å². The van der Waals surface area contributed by atoms with Crippen LogP contribution in [0.1, 0.15) is 29.9 Å². The highest BCUT2D eigenvalue weighted by atomic mass is 32.2. The Bertz CT molecular complexity index is 501. The van der Waals surface area contributed by atoms with Crippen LogP contribution in [-0.4, -0.2) is 26.2 Å². The van der Waals surface area contributed by atoms with Gasteiger partial charge in [-0.1, -0.05) is 17.7 Å². The topological polar surface area (TPSA) is 63.6 Å². The third kappa shape index (κ3) is 2.86. The van der Waals surface area contributed by atoms with Crippen LogP contribution in [0.25, 0.3) is 0 Å². The van der Waals surface area contributed by atoms with Gasteiger partial charge in [0, 0.05) is 13.2 Å². The van der Waals surface area contributed by atoms with Gasteiger partial charge in [-0.15, -0.1) is 0 Å². The molecule has 1 fully saturated rings. The quantitative estimate of drug-likeness (QED) is 0.823. The van der Waals surface area contributed by atoms with E-state index in [0.717, 1.165) is 24.0 Å². The summed E-state index contributed by atoms with van der Waals surface area (Å²) in [6, 6.07) is 5.03. The molecule has 17 heavy (non-hydrogen) atoms. The molecule has 1 saturated heterocycles. The molecular formula is C12H16O4S. The molecule has 1 aromatic rings. The Morgan fingerprint density at radius 1 is 1.29 bits per heavy atom. The van der Waals surface area contributed by atoms with E-state index >= 15 is 0 Å². The monoisotopic (exact) mass is 256 g/mol. The molecule has 0 radical (unpaired) electrons. The molecule has 94 valence electrons. The van der Waals surface area contributed by atoms with Crippen LogP contribution < -0.4 is 0 Å². The number of hydrogen-bond acceptors (Lipinski definition) is 3. The molecule has 1 aliphatic heterocycles. The van der Waals surface area contributed by atoms with Gasteiger partial charge in [0.15, 0.2) is 0 Å². The molecule has 4 nitrogen and oxygen atoms in total. The fraction of sp³-hybridized carbons (Fsp3) is 0.500. The van der Waals surface area contributed by atoms with Crippen molar-refractivity contribution in [3.05, 3.63) is 29.3 Å². The van der Waals surface area contributed by atoms with Crippen molar-refractivity contribution in [1.29, 1.82) is 0 Å². The molecule has 0 bridgehead atoms. The maximum Gasteiger partial charge on any atom is 0.294 e. The summed E-state index contributed by atoms with van der Waals surface area (Å²) in [4.78, 5) is 0.0370. The predicted molar refractivity (Wildman–Crippen MR) is 63.8 cm³/mol. The Kier molecular flexibility index (Phi) is 3.51. The van der Waals surface area contributed by atoms with Gasteiger partial charge >= 0.3 is 0 Å². The average Bonchev–Trinajstić information content (AvgIpc) is 2.28. The van der Waals surface area contributed by atoms with Gasteiger partial charge in [0.05, 0.1) is 4.90 Å². The van der Waals surface area contributed by atoms with Gasteiger partial charge in [0.2, 0.25) is 0 Å². The van der Waals surface area contributed by atoms with Crippen LogP contribution >= 0.6 is 0 Å². The summed E-state index contributed by atoms with van der Waals surface area (Å²) in [5.41, 5.74) is 1.72. The second-order valence-electron chi connectivity index (χ2n) is 4.40. The molecule has 0 saturated carbocycles. The lowest BCUT2D eigenvalue weighted by atomic mass is 9.91. The maximum atomic E-state index is 11.3. The van der Waals surface area contributed by atoms with Gasteiger partial charge in [-0.2, -0.15) is 8.42 Å². The molecular weight excluding hydrogens is 240 g/mol. The van der Waals surface area contributed by atoms with Crippen LogP contribution in [0.5, 0.6) is 0 Å². The molecule has 0 aliphatic carbocycles. The van der Waals surface area contributed by atoms with E-state index in [1.165, 1.54) is 6.07 Å². The van der Waals surface area contributed by atoms with Crippen molar-refractivity contribution in [2.24, 2.45) is 0 Å². The Labute approximate surface area is 101 Å². The van der Waals surface area contributed by atoms with E-state index in [1.807, 2.05) is 13.0 Å². The van der Waals surface area contributed by atoms with E-state index in [1.54, 1.807) is 6.07 Å². The van der Waals surface area contributed by atoms with E-state index in [4.69, 9.17) is 4.74 Å².